The van der Waals surface area contributed by atoms with Gasteiger partial charge in [0.15, 0.2) is 6.23 Å². The molecular formula is C26H29NO. The van der Waals surface area contributed by atoms with Crippen molar-refractivity contribution in [1.82, 2.24) is 4.90 Å². The summed E-state index contributed by atoms with van der Waals surface area (Å²) in [6, 6.07) is 31.5. The standard InChI is InChI=1S/C26H29NO/c1-27(2)26(28-24-18-10-5-11-19-24)21-13-12-20-25(22-14-6-3-7-15-22)23-16-8-4-9-17-23/h3-19,25-26H,20-21H2,1-2H3. The maximum atomic E-state index is 6.13. The number of allylic oxidation sites excluding steroid dienone is 1. The molecule has 0 spiro atoms. The van der Waals surface area contributed by atoms with Crippen LogP contribution in [0.4, 0.5) is 0 Å². The third-order valence-corrected chi connectivity index (χ3v) is 4.87. The van der Waals surface area contributed by atoms with E-state index in [1.54, 1.807) is 0 Å². The Morgan fingerprint density at radius 1 is 0.679 bits per heavy atom. The molecule has 3 aromatic rings. The Hall–Kier alpha value is -2.84. The fourth-order valence-corrected chi connectivity index (χ4v) is 3.30. The van der Waals surface area contributed by atoms with E-state index in [2.05, 4.69) is 91.8 Å². The van der Waals surface area contributed by atoms with Gasteiger partial charge < -0.3 is 4.74 Å². The second-order valence-corrected chi connectivity index (χ2v) is 7.17. The summed E-state index contributed by atoms with van der Waals surface area (Å²) in [5, 5.41) is 0. The van der Waals surface area contributed by atoms with Crippen molar-refractivity contribution < 1.29 is 4.74 Å². The SMILES string of the molecule is CN(C)C(CC=CCC(c1ccccc1)c1ccccc1)Oc1ccccc1. The number of rotatable bonds is 9. The van der Waals surface area contributed by atoms with Gasteiger partial charge in [-0.2, -0.15) is 0 Å². The first-order valence-electron chi connectivity index (χ1n) is 9.87. The summed E-state index contributed by atoms with van der Waals surface area (Å²) in [5.41, 5.74) is 2.70. The summed E-state index contributed by atoms with van der Waals surface area (Å²) in [6.45, 7) is 0. The van der Waals surface area contributed by atoms with Crippen LogP contribution in [0.1, 0.15) is 29.9 Å². The van der Waals surface area contributed by atoms with Crippen molar-refractivity contribution in [2.45, 2.75) is 25.0 Å². The van der Waals surface area contributed by atoms with Gasteiger partial charge in [-0.15, -0.1) is 0 Å². The highest BCUT2D eigenvalue weighted by Crippen LogP contribution is 2.28. The number of benzene rings is 3. The molecule has 0 bridgehead atoms. The molecule has 1 atom stereocenters. The minimum absolute atomic E-state index is 0.0190. The van der Waals surface area contributed by atoms with E-state index in [9.17, 15) is 0 Å². The Kier molecular flexibility index (Phi) is 7.45. The molecule has 1 unspecified atom stereocenters. The Labute approximate surface area is 169 Å². The molecule has 3 aromatic carbocycles. The van der Waals surface area contributed by atoms with E-state index in [-0.39, 0.29) is 6.23 Å². The highest BCUT2D eigenvalue weighted by Gasteiger charge is 2.13. The number of nitrogens with zero attached hydrogens (tertiary/aromatic N) is 1. The summed E-state index contributed by atoms with van der Waals surface area (Å²) in [6.07, 6.45) is 6.37. The van der Waals surface area contributed by atoms with E-state index in [1.807, 2.05) is 30.3 Å². The normalized spacial score (nSPS) is 12.6. The maximum absolute atomic E-state index is 6.13. The maximum Gasteiger partial charge on any atom is 0.155 e. The van der Waals surface area contributed by atoms with E-state index in [1.165, 1.54) is 11.1 Å². The first kappa shape index (κ1) is 19.9. The zero-order valence-electron chi connectivity index (χ0n) is 16.7. The summed E-state index contributed by atoms with van der Waals surface area (Å²) in [7, 11) is 4.11. The van der Waals surface area contributed by atoms with E-state index >= 15 is 0 Å². The molecule has 2 heteroatoms. The molecule has 0 aromatic heterocycles. The molecule has 0 N–H and O–H groups in total. The van der Waals surface area contributed by atoms with Gasteiger partial charge >= 0.3 is 0 Å². The summed E-state index contributed by atoms with van der Waals surface area (Å²) in [5.74, 6) is 1.27. The molecule has 0 saturated heterocycles. The first-order chi connectivity index (χ1) is 13.7. The second-order valence-electron chi connectivity index (χ2n) is 7.17. The third-order valence-electron chi connectivity index (χ3n) is 4.87. The van der Waals surface area contributed by atoms with Crippen molar-refractivity contribution in [2.24, 2.45) is 0 Å². The molecule has 0 aliphatic heterocycles. The molecule has 0 radical (unpaired) electrons. The van der Waals surface area contributed by atoms with Crippen molar-refractivity contribution in [3.63, 3.8) is 0 Å². The van der Waals surface area contributed by atoms with Crippen LogP contribution < -0.4 is 4.74 Å². The molecule has 144 valence electrons. The monoisotopic (exact) mass is 371 g/mol. The van der Waals surface area contributed by atoms with Gasteiger partial charge in [0.25, 0.3) is 0 Å². The molecule has 0 saturated carbocycles. The number of para-hydroxylation sites is 1. The second kappa shape index (κ2) is 10.5. The van der Waals surface area contributed by atoms with Gasteiger partial charge in [0.05, 0.1) is 0 Å². The Balaban J connectivity index is 1.66. The molecule has 0 fully saturated rings. The zero-order valence-corrected chi connectivity index (χ0v) is 16.7. The predicted octanol–water partition coefficient (Wildman–Crippen LogP) is 6.12. The predicted molar refractivity (Wildman–Crippen MR) is 118 cm³/mol. The first-order valence-corrected chi connectivity index (χ1v) is 9.87. The van der Waals surface area contributed by atoms with Crippen LogP contribution in [-0.4, -0.2) is 25.2 Å². The van der Waals surface area contributed by atoms with Crippen molar-refractivity contribution >= 4 is 0 Å². The van der Waals surface area contributed by atoms with Crippen LogP contribution in [0.3, 0.4) is 0 Å². The van der Waals surface area contributed by atoms with Gasteiger partial charge in [-0.1, -0.05) is 91.0 Å². The Morgan fingerprint density at radius 3 is 1.64 bits per heavy atom. The smallest absolute Gasteiger partial charge is 0.155 e. The van der Waals surface area contributed by atoms with Crippen molar-refractivity contribution in [3.05, 3.63) is 114 Å². The molecule has 3 rings (SSSR count). The molecule has 0 aliphatic rings. The Morgan fingerprint density at radius 2 is 1.14 bits per heavy atom. The highest BCUT2D eigenvalue weighted by molar-refractivity contribution is 5.33. The fourth-order valence-electron chi connectivity index (χ4n) is 3.30. The molecule has 28 heavy (non-hydrogen) atoms. The average Bonchev–Trinajstić information content (AvgIpc) is 2.75. The zero-order chi connectivity index (χ0) is 19.6. The lowest BCUT2D eigenvalue weighted by Gasteiger charge is -2.24. The van der Waals surface area contributed by atoms with E-state index < -0.39 is 0 Å². The molecular weight excluding hydrogens is 342 g/mol. The molecule has 0 aliphatic carbocycles. The van der Waals surface area contributed by atoms with Gasteiger partial charge in [0.1, 0.15) is 5.75 Å². The molecule has 0 heterocycles. The van der Waals surface area contributed by atoms with Crippen LogP contribution in [0.2, 0.25) is 0 Å². The van der Waals surface area contributed by atoms with E-state index in [4.69, 9.17) is 4.74 Å². The summed E-state index contributed by atoms with van der Waals surface area (Å²) < 4.78 is 6.13. The lowest BCUT2D eigenvalue weighted by Crippen LogP contribution is -2.32. The van der Waals surface area contributed by atoms with Gasteiger partial charge in [-0.3, -0.25) is 4.90 Å². The highest BCUT2D eigenvalue weighted by atomic mass is 16.5. The Bertz CT molecular complexity index is 789. The quantitative estimate of drug-likeness (QED) is 0.332. The van der Waals surface area contributed by atoms with Crippen LogP contribution in [0.25, 0.3) is 0 Å². The number of hydrogen-bond acceptors (Lipinski definition) is 2. The van der Waals surface area contributed by atoms with Gasteiger partial charge in [-0.25, -0.2) is 0 Å². The average molecular weight is 372 g/mol. The van der Waals surface area contributed by atoms with Crippen molar-refractivity contribution in [3.8, 4) is 5.75 Å². The van der Waals surface area contributed by atoms with E-state index in [0.29, 0.717) is 5.92 Å². The van der Waals surface area contributed by atoms with Crippen LogP contribution in [-0.2, 0) is 0 Å². The third kappa shape index (κ3) is 5.83. The van der Waals surface area contributed by atoms with Crippen molar-refractivity contribution in [2.75, 3.05) is 14.1 Å². The van der Waals surface area contributed by atoms with Gasteiger partial charge in [-0.05, 0) is 43.8 Å². The largest absolute Gasteiger partial charge is 0.475 e. The topological polar surface area (TPSA) is 12.5 Å². The minimum Gasteiger partial charge on any atom is -0.475 e. The summed E-state index contributed by atoms with van der Waals surface area (Å²) in [4.78, 5) is 2.11. The number of hydrogen-bond donors (Lipinski definition) is 0. The minimum atomic E-state index is 0.0190. The van der Waals surface area contributed by atoms with Gasteiger partial charge in [0.2, 0.25) is 0 Å². The van der Waals surface area contributed by atoms with Gasteiger partial charge in [0, 0.05) is 12.3 Å². The molecule has 2 nitrogen and oxygen atoms in total. The van der Waals surface area contributed by atoms with Crippen LogP contribution in [0.5, 0.6) is 5.75 Å². The molecule has 0 amide bonds. The van der Waals surface area contributed by atoms with E-state index in [0.717, 1.165) is 18.6 Å². The lowest BCUT2D eigenvalue weighted by atomic mass is 9.88. The summed E-state index contributed by atoms with van der Waals surface area (Å²) >= 11 is 0. The lowest BCUT2D eigenvalue weighted by molar-refractivity contribution is 0.0672. The van der Waals surface area contributed by atoms with Crippen LogP contribution in [0.15, 0.2) is 103 Å². The van der Waals surface area contributed by atoms with Crippen LogP contribution in [0, 0.1) is 0 Å². The van der Waals surface area contributed by atoms with Crippen molar-refractivity contribution in [1.29, 1.82) is 0 Å². The fraction of sp³-hybridized carbons (Fsp3) is 0.231. The van der Waals surface area contributed by atoms with Crippen LogP contribution >= 0.6 is 0 Å². The number of ether oxygens (including phenoxy) is 1.